The minimum atomic E-state index is -0.645. The van der Waals surface area contributed by atoms with Gasteiger partial charge in [0.2, 0.25) is 5.95 Å². The van der Waals surface area contributed by atoms with Crippen molar-refractivity contribution in [2.45, 2.75) is 59.1 Å². The fourth-order valence-electron chi connectivity index (χ4n) is 5.27. The number of para-hydroxylation sites is 1. The van der Waals surface area contributed by atoms with Crippen molar-refractivity contribution in [1.29, 1.82) is 0 Å². The third-order valence-electron chi connectivity index (χ3n) is 7.18. The number of hydrogen-bond donors (Lipinski definition) is 3. The van der Waals surface area contributed by atoms with Gasteiger partial charge in [-0.05, 0) is 76.8 Å². The van der Waals surface area contributed by atoms with Crippen LogP contribution >= 0.6 is 0 Å². The third kappa shape index (κ3) is 6.56. The summed E-state index contributed by atoms with van der Waals surface area (Å²) in [6, 6.07) is 14.2. The first-order valence-corrected chi connectivity index (χ1v) is 14.5. The number of aliphatic hydroxyl groups is 1. The van der Waals surface area contributed by atoms with Crippen LogP contribution in [0.5, 0.6) is 5.75 Å². The normalized spacial score (nSPS) is 13.2. The number of carbonyl (C=O) groups excluding carboxylic acids is 1. The second-order valence-electron chi connectivity index (χ2n) is 11.6. The highest BCUT2D eigenvalue weighted by atomic mass is 16.6. The van der Waals surface area contributed by atoms with E-state index in [0.717, 1.165) is 17.7 Å². The average molecular weight is 587 g/mol. The Morgan fingerprint density at radius 3 is 2.58 bits per heavy atom. The van der Waals surface area contributed by atoms with Crippen LogP contribution in [0, 0.1) is 6.92 Å². The Balaban J connectivity index is 1.58. The van der Waals surface area contributed by atoms with Crippen molar-refractivity contribution in [1.82, 2.24) is 14.5 Å². The molecule has 11 nitrogen and oxygen atoms in total. The van der Waals surface area contributed by atoms with Crippen LogP contribution in [0.15, 0.2) is 59.5 Å². The highest BCUT2D eigenvalue weighted by Crippen LogP contribution is 2.40. The van der Waals surface area contributed by atoms with Crippen molar-refractivity contribution in [2.24, 2.45) is 0 Å². The van der Waals surface area contributed by atoms with Gasteiger partial charge in [-0.25, -0.2) is 9.78 Å². The molecule has 0 saturated heterocycles. The second kappa shape index (κ2) is 12.3. The van der Waals surface area contributed by atoms with Crippen LogP contribution in [0.25, 0.3) is 11.0 Å². The molecule has 1 aliphatic rings. The molecule has 2 aromatic carbocycles. The Hall–Kier alpha value is -4.64. The summed E-state index contributed by atoms with van der Waals surface area (Å²) >= 11 is 0. The standard InChI is InChI=1S/C32H38N6O5/c1-21-10-8-13-25-27(21)37(31(42)43-32(2,3)4)16-15-36(25)26-18-22-20-33-30(34-23-11-9-12-24(40)19-23)35-28(22)38(29(26)41)14-6-5-7-17-39/h8-13,18-20,39-40H,5-7,14-17H2,1-4H3,(H,33,34,35). The number of rotatable bonds is 8. The van der Waals surface area contributed by atoms with E-state index in [1.54, 1.807) is 46.0 Å². The number of aromatic nitrogens is 3. The molecule has 0 atom stereocenters. The first kappa shape index (κ1) is 29.8. The zero-order valence-electron chi connectivity index (χ0n) is 25.0. The van der Waals surface area contributed by atoms with Crippen molar-refractivity contribution in [3.05, 3.63) is 70.6 Å². The van der Waals surface area contributed by atoms with E-state index in [1.165, 1.54) is 0 Å². The van der Waals surface area contributed by atoms with E-state index in [2.05, 4.69) is 10.3 Å². The van der Waals surface area contributed by atoms with Gasteiger partial charge in [0.15, 0.2) is 0 Å². The largest absolute Gasteiger partial charge is 0.508 e. The number of ether oxygens (including phenoxy) is 1. The number of aromatic hydroxyl groups is 1. The quantitative estimate of drug-likeness (QED) is 0.226. The maximum Gasteiger partial charge on any atom is 0.414 e. The molecule has 4 aromatic rings. The molecule has 0 radical (unpaired) electrons. The lowest BCUT2D eigenvalue weighted by Gasteiger charge is -2.39. The maximum atomic E-state index is 14.2. The highest BCUT2D eigenvalue weighted by Gasteiger charge is 2.33. The summed E-state index contributed by atoms with van der Waals surface area (Å²) in [6.45, 7) is 8.68. The number of benzene rings is 2. The van der Waals surface area contributed by atoms with Crippen LogP contribution in [0.3, 0.4) is 0 Å². The van der Waals surface area contributed by atoms with E-state index in [-0.39, 0.29) is 17.9 Å². The molecule has 2 aromatic heterocycles. The SMILES string of the molecule is Cc1cccc2c1N(C(=O)OC(C)(C)C)CCN2c1cc2cnc(Nc3cccc(O)c3)nc2n(CCCCCO)c1=O. The summed E-state index contributed by atoms with van der Waals surface area (Å²) in [7, 11) is 0. The molecule has 0 aliphatic carbocycles. The summed E-state index contributed by atoms with van der Waals surface area (Å²) in [5.74, 6) is 0.403. The van der Waals surface area contributed by atoms with Crippen LogP contribution in [0.4, 0.5) is 33.5 Å². The molecule has 0 unspecified atom stereocenters. The molecule has 1 amide bonds. The average Bonchev–Trinajstić information content (AvgIpc) is 2.95. The minimum Gasteiger partial charge on any atom is -0.508 e. The van der Waals surface area contributed by atoms with Gasteiger partial charge in [-0.15, -0.1) is 0 Å². The van der Waals surface area contributed by atoms with Gasteiger partial charge in [-0.1, -0.05) is 18.2 Å². The molecular weight excluding hydrogens is 548 g/mol. The lowest BCUT2D eigenvalue weighted by Crippen LogP contribution is -2.46. The fourth-order valence-corrected chi connectivity index (χ4v) is 5.27. The summed E-state index contributed by atoms with van der Waals surface area (Å²) in [5, 5.41) is 22.9. The number of aliphatic hydroxyl groups excluding tert-OH is 1. The molecule has 226 valence electrons. The van der Waals surface area contributed by atoms with Gasteiger partial charge >= 0.3 is 6.09 Å². The Bertz CT molecular complexity index is 1700. The molecule has 5 rings (SSSR count). The number of phenols is 1. The summed E-state index contributed by atoms with van der Waals surface area (Å²) in [4.78, 5) is 40.2. The molecule has 0 fully saturated rings. The number of nitrogens with one attached hydrogen (secondary N) is 1. The Labute approximate surface area is 250 Å². The van der Waals surface area contributed by atoms with Crippen molar-refractivity contribution in [2.75, 3.05) is 34.8 Å². The molecule has 0 bridgehead atoms. The summed E-state index contributed by atoms with van der Waals surface area (Å²) < 4.78 is 7.36. The Kier molecular flexibility index (Phi) is 8.54. The van der Waals surface area contributed by atoms with Gasteiger partial charge < -0.3 is 25.2 Å². The molecule has 1 aliphatic heterocycles. The van der Waals surface area contributed by atoms with E-state index in [4.69, 9.17) is 9.72 Å². The third-order valence-corrected chi connectivity index (χ3v) is 7.18. The van der Waals surface area contributed by atoms with E-state index < -0.39 is 11.7 Å². The Morgan fingerprint density at radius 1 is 1.05 bits per heavy atom. The van der Waals surface area contributed by atoms with Gasteiger partial charge in [0.1, 0.15) is 22.7 Å². The van der Waals surface area contributed by atoms with Crippen molar-refractivity contribution in [3.8, 4) is 5.75 Å². The van der Waals surface area contributed by atoms with E-state index in [9.17, 15) is 19.8 Å². The van der Waals surface area contributed by atoms with Gasteiger partial charge in [-0.2, -0.15) is 4.98 Å². The fraction of sp³-hybridized carbons (Fsp3) is 0.375. The van der Waals surface area contributed by atoms with Gasteiger partial charge in [-0.3, -0.25) is 14.3 Å². The number of nitrogens with zero attached hydrogens (tertiary/aromatic N) is 5. The second-order valence-corrected chi connectivity index (χ2v) is 11.6. The number of amides is 1. The van der Waals surface area contributed by atoms with E-state index in [0.29, 0.717) is 66.5 Å². The maximum absolute atomic E-state index is 14.2. The van der Waals surface area contributed by atoms with E-state index >= 15 is 0 Å². The number of anilines is 5. The van der Waals surface area contributed by atoms with Crippen LogP contribution in [-0.2, 0) is 11.3 Å². The van der Waals surface area contributed by atoms with Crippen LogP contribution in [-0.4, -0.2) is 56.1 Å². The molecule has 3 N–H and O–H groups in total. The smallest absolute Gasteiger partial charge is 0.414 e. The first-order chi connectivity index (χ1) is 20.6. The lowest BCUT2D eigenvalue weighted by atomic mass is 10.1. The van der Waals surface area contributed by atoms with Gasteiger partial charge in [0, 0.05) is 49.6 Å². The number of hydrogen-bond acceptors (Lipinski definition) is 9. The minimum absolute atomic E-state index is 0.0912. The molecule has 0 spiro atoms. The number of pyridine rings is 1. The zero-order valence-corrected chi connectivity index (χ0v) is 25.0. The van der Waals surface area contributed by atoms with Crippen molar-refractivity contribution >= 4 is 45.8 Å². The monoisotopic (exact) mass is 586 g/mol. The zero-order chi connectivity index (χ0) is 30.7. The number of unbranched alkanes of at least 4 members (excludes halogenated alkanes) is 2. The van der Waals surface area contributed by atoms with Gasteiger partial charge in [0.05, 0.1) is 11.4 Å². The van der Waals surface area contributed by atoms with Crippen LogP contribution in [0.1, 0.15) is 45.6 Å². The highest BCUT2D eigenvalue weighted by molar-refractivity contribution is 5.97. The number of aryl methyl sites for hydroxylation is 2. The first-order valence-electron chi connectivity index (χ1n) is 14.5. The van der Waals surface area contributed by atoms with E-state index in [1.807, 2.05) is 50.8 Å². The molecule has 3 heterocycles. The number of fused-ring (bicyclic) bond motifs is 2. The molecular formula is C32H38N6O5. The number of phenolic OH excluding ortho intramolecular Hbond substituents is 1. The number of carbonyl (C=O) groups is 1. The summed E-state index contributed by atoms with van der Waals surface area (Å²) in [6.07, 6.45) is 3.33. The Morgan fingerprint density at radius 2 is 1.84 bits per heavy atom. The van der Waals surface area contributed by atoms with Crippen LogP contribution in [0.2, 0.25) is 0 Å². The topological polar surface area (TPSA) is 133 Å². The molecule has 43 heavy (non-hydrogen) atoms. The predicted octanol–water partition coefficient (Wildman–Crippen LogP) is 5.60. The molecule has 11 heteroatoms. The van der Waals surface area contributed by atoms with Crippen molar-refractivity contribution in [3.63, 3.8) is 0 Å². The molecule has 0 saturated carbocycles. The predicted molar refractivity (Wildman–Crippen MR) is 168 cm³/mol. The summed E-state index contributed by atoms with van der Waals surface area (Å²) in [5.41, 5.74) is 3.04. The van der Waals surface area contributed by atoms with Crippen LogP contribution < -0.4 is 20.7 Å². The van der Waals surface area contributed by atoms with Gasteiger partial charge in [0.25, 0.3) is 5.56 Å². The lowest BCUT2D eigenvalue weighted by molar-refractivity contribution is 0.0580. The van der Waals surface area contributed by atoms with Crippen molar-refractivity contribution < 1.29 is 19.7 Å².